The molecule has 11 heteroatoms. The van der Waals surface area contributed by atoms with Gasteiger partial charge in [0.2, 0.25) is 21.8 Å². The molecular weight excluding hydrogens is 605 g/mol. The first-order valence-corrected chi connectivity index (χ1v) is 17.0. The van der Waals surface area contributed by atoms with E-state index in [9.17, 15) is 22.4 Å². The Labute approximate surface area is 264 Å². The Balaban J connectivity index is 1.59. The fraction of sp³-hybridized carbons (Fsp3) is 0.394. The summed E-state index contributed by atoms with van der Waals surface area (Å²) < 4.78 is 46.6. The molecule has 1 aliphatic rings. The Bertz CT molecular complexity index is 1530. The van der Waals surface area contributed by atoms with Gasteiger partial charge in [-0.05, 0) is 49.1 Å². The lowest BCUT2D eigenvalue weighted by Crippen LogP contribution is -2.52. The minimum absolute atomic E-state index is 0.00160. The van der Waals surface area contributed by atoms with Crippen LogP contribution in [0, 0.1) is 5.82 Å². The number of methoxy groups -OCH3 is 1. The molecule has 1 unspecified atom stereocenters. The Kier molecular flexibility index (Phi) is 11.6. The van der Waals surface area contributed by atoms with Gasteiger partial charge in [0, 0.05) is 37.5 Å². The Morgan fingerprint density at radius 2 is 1.73 bits per heavy atom. The number of carbonyl (C=O) groups excluding carboxylic acids is 2. The normalized spacial score (nSPS) is 14.2. The lowest BCUT2D eigenvalue weighted by atomic mass is 10.0. The number of ether oxygens (including phenoxy) is 1. The molecule has 8 nitrogen and oxygen atoms in total. The lowest BCUT2D eigenvalue weighted by molar-refractivity contribution is -0.141. The molecule has 0 spiro atoms. The second-order valence-electron chi connectivity index (χ2n) is 11.1. The molecule has 0 bridgehead atoms. The quantitative estimate of drug-likeness (QED) is 0.242. The smallest absolute Gasteiger partial charge is 0.243 e. The molecule has 44 heavy (non-hydrogen) atoms. The molecule has 236 valence electrons. The summed E-state index contributed by atoms with van der Waals surface area (Å²) in [4.78, 5) is 29.2. The summed E-state index contributed by atoms with van der Waals surface area (Å²) in [7, 11) is -2.25. The number of amides is 2. The van der Waals surface area contributed by atoms with Crippen LogP contribution in [-0.2, 0) is 32.6 Å². The number of hydrogen-bond acceptors (Lipinski definition) is 5. The fourth-order valence-electron chi connectivity index (χ4n) is 5.55. The zero-order valence-electron chi connectivity index (χ0n) is 25.0. The molecule has 0 heterocycles. The van der Waals surface area contributed by atoms with E-state index in [0.29, 0.717) is 17.0 Å². The number of rotatable bonds is 14. The SMILES string of the molecule is COc1ccc(N(CCCC(=O)N(Cc2ccccc2F)C(Cc2ccccc2)C(=O)NC2CCCC2)S(C)(=O)=O)cc1Cl. The maximum absolute atomic E-state index is 14.9. The summed E-state index contributed by atoms with van der Waals surface area (Å²) in [6, 6.07) is 19.4. The van der Waals surface area contributed by atoms with Crippen molar-refractivity contribution in [3.05, 3.63) is 94.8 Å². The van der Waals surface area contributed by atoms with Crippen LogP contribution in [0.5, 0.6) is 5.75 Å². The van der Waals surface area contributed by atoms with E-state index >= 15 is 0 Å². The zero-order valence-corrected chi connectivity index (χ0v) is 26.6. The number of anilines is 1. The number of hydrogen-bond donors (Lipinski definition) is 1. The van der Waals surface area contributed by atoms with Crippen molar-refractivity contribution in [2.45, 2.75) is 63.6 Å². The maximum atomic E-state index is 14.9. The first-order chi connectivity index (χ1) is 21.1. The summed E-state index contributed by atoms with van der Waals surface area (Å²) in [5.74, 6) is -0.726. The number of carbonyl (C=O) groups is 2. The van der Waals surface area contributed by atoms with Crippen molar-refractivity contribution in [1.82, 2.24) is 10.2 Å². The van der Waals surface area contributed by atoms with E-state index in [1.165, 1.54) is 28.4 Å². The van der Waals surface area contributed by atoms with Crippen LogP contribution in [0.4, 0.5) is 10.1 Å². The maximum Gasteiger partial charge on any atom is 0.243 e. The Morgan fingerprint density at radius 3 is 2.36 bits per heavy atom. The van der Waals surface area contributed by atoms with Crippen LogP contribution in [0.25, 0.3) is 0 Å². The van der Waals surface area contributed by atoms with E-state index in [1.54, 1.807) is 30.3 Å². The number of halogens is 2. The molecule has 0 aromatic heterocycles. The summed E-state index contributed by atoms with van der Waals surface area (Å²) >= 11 is 6.26. The van der Waals surface area contributed by atoms with Gasteiger partial charge in [-0.15, -0.1) is 0 Å². The summed E-state index contributed by atoms with van der Waals surface area (Å²) in [5.41, 5.74) is 1.50. The highest BCUT2D eigenvalue weighted by Gasteiger charge is 2.32. The first-order valence-electron chi connectivity index (χ1n) is 14.7. The lowest BCUT2D eigenvalue weighted by Gasteiger charge is -2.33. The van der Waals surface area contributed by atoms with E-state index in [-0.39, 0.29) is 55.2 Å². The average molecular weight is 644 g/mol. The molecule has 4 rings (SSSR count). The number of benzene rings is 3. The molecule has 0 saturated heterocycles. The molecule has 1 N–H and O–H groups in total. The van der Waals surface area contributed by atoms with Gasteiger partial charge in [0.25, 0.3) is 0 Å². The third-order valence-electron chi connectivity index (χ3n) is 7.85. The number of nitrogens with one attached hydrogen (secondary N) is 1. The molecule has 1 saturated carbocycles. The van der Waals surface area contributed by atoms with E-state index in [2.05, 4.69) is 5.32 Å². The largest absolute Gasteiger partial charge is 0.495 e. The van der Waals surface area contributed by atoms with Crippen LogP contribution in [0.3, 0.4) is 0 Å². The van der Waals surface area contributed by atoms with Gasteiger partial charge in [-0.1, -0.05) is 73.0 Å². The molecule has 0 aliphatic heterocycles. The van der Waals surface area contributed by atoms with Crippen molar-refractivity contribution < 1.29 is 27.1 Å². The summed E-state index contributed by atoms with van der Waals surface area (Å²) in [5, 5.41) is 3.38. The highest BCUT2D eigenvalue weighted by molar-refractivity contribution is 7.92. The minimum Gasteiger partial charge on any atom is -0.495 e. The van der Waals surface area contributed by atoms with Gasteiger partial charge in [0.05, 0.1) is 24.1 Å². The molecule has 3 aromatic carbocycles. The highest BCUT2D eigenvalue weighted by Crippen LogP contribution is 2.30. The molecular formula is C33H39ClFN3O5S. The van der Waals surface area contributed by atoms with Gasteiger partial charge in [-0.25, -0.2) is 12.8 Å². The first kappa shape index (κ1) is 33.3. The van der Waals surface area contributed by atoms with E-state index < -0.39 is 21.9 Å². The van der Waals surface area contributed by atoms with Crippen LogP contribution in [0.2, 0.25) is 5.02 Å². The van der Waals surface area contributed by atoms with Crippen molar-refractivity contribution in [2.24, 2.45) is 0 Å². The summed E-state index contributed by atoms with van der Waals surface area (Å²) in [6.07, 6.45) is 5.24. The van der Waals surface area contributed by atoms with Crippen molar-refractivity contribution in [2.75, 3.05) is 24.2 Å². The van der Waals surface area contributed by atoms with Gasteiger partial charge >= 0.3 is 0 Å². The van der Waals surface area contributed by atoms with Gasteiger partial charge in [-0.2, -0.15) is 0 Å². The number of nitrogens with zero attached hydrogens (tertiary/aromatic N) is 2. The van der Waals surface area contributed by atoms with Crippen LogP contribution in [-0.4, -0.2) is 57.1 Å². The molecule has 1 fully saturated rings. The predicted octanol–water partition coefficient (Wildman–Crippen LogP) is 5.73. The zero-order chi connectivity index (χ0) is 31.7. The van der Waals surface area contributed by atoms with E-state index in [4.69, 9.17) is 16.3 Å². The third kappa shape index (κ3) is 8.95. The predicted molar refractivity (Wildman–Crippen MR) is 171 cm³/mol. The summed E-state index contributed by atoms with van der Waals surface area (Å²) in [6.45, 7) is -0.108. The topological polar surface area (TPSA) is 96.0 Å². The van der Waals surface area contributed by atoms with Crippen LogP contribution < -0.4 is 14.4 Å². The molecule has 3 aromatic rings. The van der Waals surface area contributed by atoms with Crippen molar-refractivity contribution >= 4 is 39.1 Å². The van der Waals surface area contributed by atoms with Crippen molar-refractivity contribution in [1.29, 1.82) is 0 Å². The molecule has 0 radical (unpaired) electrons. The van der Waals surface area contributed by atoms with E-state index in [0.717, 1.165) is 37.5 Å². The van der Waals surface area contributed by atoms with Crippen LogP contribution in [0.1, 0.15) is 49.7 Å². The van der Waals surface area contributed by atoms with Gasteiger partial charge < -0.3 is 15.0 Å². The standard InChI is InChI=1S/C33H39ClFN3O5S/c1-43-31-19-18-27(22-28(31)34)38(44(2,41)42)20-10-17-32(39)37(23-25-13-6-9-16-29(25)35)30(21-24-11-4-3-5-12-24)33(40)36-26-14-7-8-15-26/h3-6,9,11-13,16,18-19,22,26,30H,7-8,10,14-15,17,20-21,23H2,1-2H3,(H,36,40). The van der Waals surface area contributed by atoms with Crippen LogP contribution >= 0.6 is 11.6 Å². The highest BCUT2D eigenvalue weighted by atomic mass is 35.5. The Hall–Kier alpha value is -3.63. The fourth-order valence-corrected chi connectivity index (χ4v) is 6.76. The van der Waals surface area contributed by atoms with Crippen molar-refractivity contribution in [3.63, 3.8) is 0 Å². The second kappa shape index (κ2) is 15.4. The molecule has 2 amide bonds. The van der Waals surface area contributed by atoms with Gasteiger partial charge in [-0.3, -0.25) is 13.9 Å². The van der Waals surface area contributed by atoms with Gasteiger partial charge in [0.1, 0.15) is 17.6 Å². The van der Waals surface area contributed by atoms with Gasteiger partial charge in [0.15, 0.2) is 0 Å². The monoisotopic (exact) mass is 643 g/mol. The third-order valence-corrected chi connectivity index (χ3v) is 9.34. The molecule has 1 atom stereocenters. The van der Waals surface area contributed by atoms with Crippen LogP contribution in [0.15, 0.2) is 72.8 Å². The van der Waals surface area contributed by atoms with Crippen molar-refractivity contribution in [3.8, 4) is 5.75 Å². The number of sulfonamides is 1. The molecule has 1 aliphatic carbocycles. The minimum atomic E-state index is -3.72. The Morgan fingerprint density at radius 1 is 1.05 bits per heavy atom. The average Bonchev–Trinajstić information content (AvgIpc) is 3.50. The van der Waals surface area contributed by atoms with E-state index in [1.807, 2.05) is 30.3 Å². The second-order valence-corrected chi connectivity index (χ2v) is 13.4.